The molecule has 1 N–H and O–H groups in total. The van der Waals surface area contributed by atoms with E-state index in [2.05, 4.69) is 19.9 Å². The van der Waals surface area contributed by atoms with Gasteiger partial charge in [0, 0.05) is 44.1 Å². The van der Waals surface area contributed by atoms with Crippen LogP contribution in [-0.4, -0.2) is 42.9 Å². The number of hydrogen-bond acceptors (Lipinski definition) is 5. The van der Waals surface area contributed by atoms with Crippen molar-refractivity contribution in [2.24, 2.45) is 13.0 Å². The molecule has 1 fully saturated rings. The average Bonchev–Trinajstić information content (AvgIpc) is 3.26. The molecule has 8 heteroatoms. The first-order valence-corrected chi connectivity index (χ1v) is 10.2. The highest BCUT2D eigenvalue weighted by molar-refractivity contribution is 6.08. The Morgan fingerprint density at radius 2 is 2.07 bits per heavy atom. The molecule has 1 aromatic carbocycles. The molecule has 3 aromatic heterocycles. The zero-order valence-corrected chi connectivity index (χ0v) is 17.1. The van der Waals surface area contributed by atoms with Crippen LogP contribution in [0.4, 0.5) is 4.39 Å². The van der Waals surface area contributed by atoms with E-state index in [1.54, 1.807) is 16.9 Å². The summed E-state index contributed by atoms with van der Waals surface area (Å²) in [4.78, 5) is 4.66. The van der Waals surface area contributed by atoms with E-state index >= 15 is 0 Å². The minimum atomic E-state index is -0.323. The number of nitrogens with zero attached hydrogens (tertiary/aromatic N) is 5. The van der Waals surface area contributed by atoms with Crippen LogP contribution in [0.25, 0.3) is 33.2 Å². The molecule has 0 aliphatic carbocycles. The SMILES string of the molecule is Cc1nnn(C)c1-c1cnc2c3c(F)ccc(CO)c3n(CC3CCOCC3)c2c1. The summed E-state index contributed by atoms with van der Waals surface area (Å²) < 4.78 is 24.3. The lowest BCUT2D eigenvalue weighted by Crippen LogP contribution is -2.20. The number of pyridine rings is 1. The van der Waals surface area contributed by atoms with Crippen LogP contribution in [-0.2, 0) is 24.9 Å². The fraction of sp³-hybridized carbons (Fsp3) is 0.409. The molecule has 0 unspecified atom stereocenters. The summed E-state index contributed by atoms with van der Waals surface area (Å²) >= 11 is 0. The third kappa shape index (κ3) is 2.98. The molecule has 0 amide bonds. The van der Waals surface area contributed by atoms with Crippen LogP contribution in [0.1, 0.15) is 24.1 Å². The average molecular weight is 409 g/mol. The summed E-state index contributed by atoms with van der Waals surface area (Å²) in [5.41, 5.74) is 5.48. The maximum atomic E-state index is 14.9. The van der Waals surface area contributed by atoms with Crippen LogP contribution in [0.15, 0.2) is 24.4 Å². The van der Waals surface area contributed by atoms with Crippen LogP contribution in [0.2, 0.25) is 0 Å². The van der Waals surface area contributed by atoms with E-state index in [1.807, 2.05) is 20.0 Å². The van der Waals surface area contributed by atoms with Gasteiger partial charge in [0.2, 0.25) is 0 Å². The molecule has 156 valence electrons. The van der Waals surface area contributed by atoms with Gasteiger partial charge in [-0.2, -0.15) is 0 Å². The number of hydrogen-bond donors (Lipinski definition) is 1. The first-order chi connectivity index (χ1) is 14.6. The molecule has 7 nitrogen and oxygen atoms in total. The van der Waals surface area contributed by atoms with Crippen molar-refractivity contribution < 1.29 is 14.2 Å². The van der Waals surface area contributed by atoms with Gasteiger partial charge in [-0.3, -0.25) is 4.98 Å². The van der Waals surface area contributed by atoms with E-state index in [9.17, 15) is 9.50 Å². The zero-order chi connectivity index (χ0) is 20.8. The predicted octanol–water partition coefficient (Wildman–Crippen LogP) is 3.35. The largest absolute Gasteiger partial charge is 0.392 e. The topological polar surface area (TPSA) is 78.0 Å². The lowest BCUT2D eigenvalue weighted by atomic mass is 10.00. The molecule has 0 bridgehead atoms. The highest BCUT2D eigenvalue weighted by Gasteiger charge is 2.23. The van der Waals surface area contributed by atoms with Gasteiger partial charge in [-0.05, 0) is 37.8 Å². The lowest BCUT2D eigenvalue weighted by molar-refractivity contribution is 0.0619. The second kappa shape index (κ2) is 7.45. The molecule has 0 radical (unpaired) electrons. The number of aromatic nitrogens is 5. The fourth-order valence-electron chi connectivity index (χ4n) is 4.61. The zero-order valence-electron chi connectivity index (χ0n) is 17.1. The Labute approximate surface area is 173 Å². The Balaban J connectivity index is 1.79. The van der Waals surface area contributed by atoms with E-state index in [-0.39, 0.29) is 12.4 Å². The summed E-state index contributed by atoms with van der Waals surface area (Å²) in [5, 5.41) is 18.7. The fourth-order valence-corrected chi connectivity index (χ4v) is 4.61. The standard InChI is InChI=1S/C22H24FN5O2/c1-13-21(27(2)26-25-13)16-9-18-20(24-10-16)19-17(23)4-3-15(12-29)22(19)28(18)11-14-5-7-30-8-6-14/h3-4,9-10,14,29H,5-8,11-12H2,1-2H3. The third-order valence-electron chi connectivity index (χ3n) is 6.10. The molecule has 5 rings (SSSR count). The number of fused-ring (bicyclic) bond motifs is 3. The van der Waals surface area contributed by atoms with Crippen molar-refractivity contribution in [3.63, 3.8) is 0 Å². The third-order valence-corrected chi connectivity index (χ3v) is 6.10. The van der Waals surface area contributed by atoms with Crippen molar-refractivity contribution in [2.75, 3.05) is 13.2 Å². The first-order valence-electron chi connectivity index (χ1n) is 10.2. The summed E-state index contributed by atoms with van der Waals surface area (Å²) in [6.45, 7) is 3.97. The van der Waals surface area contributed by atoms with Crippen molar-refractivity contribution in [1.29, 1.82) is 0 Å². The molecular formula is C22H24FN5O2. The molecule has 1 aliphatic heterocycles. The number of aliphatic hydroxyl groups is 1. The number of halogens is 1. The van der Waals surface area contributed by atoms with Gasteiger partial charge in [0.15, 0.2) is 0 Å². The van der Waals surface area contributed by atoms with Crippen LogP contribution < -0.4 is 0 Å². The quantitative estimate of drug-likeness (QED) is 0.559. The van der Waals surface area contributed by atoms with Crippen molar-refractivity contribution >= 4 is 21.9 Å². The van der Waals surface area contributed by atoms with Gasteiger partial charge in [0.25, 0.3) is 0 Å². The highest BCUT2D eigenvalue weighted by Crippen LogP contribution is 2.36. The van der Waals surface area contributed by atoms with Crippen molar-refractivity contribution in [3.05, 3.63) is 41.5 Å². The Morgan fingerprint density at radius 3 is 2.77 bits per heavy atom. The number of benzene rings is 1. The highest BCUT2D eigenvalue weighted by atomic mass is 19.1. The number of aliphatic hydroxyl groups excluding tert-OH is 1. The summed E-state index contributed by atoms with van der Waals surface area (Å²) in [6, 6.07) is 5.11. The predicted molar refractivity (Wildman–Crippen MR) is 111 cm³/mol. The molecule has 0 saturated carbocycles. The van der Waals surface area contributed by atoms with Gasteiger partial charge in [0.1, 0.15) is 5.82 Å². The van der Waals surface area contributed by atoms with Crippen LogP contribution in [0.3, 0.4) is 0 Å². The molecule has 30 heavy (non-hydrogen) atoms. The van der Waals surface area contributed by atoms with E-state index < -0.39 is 0 Å². The number of aryl methyl sites for hydroxylation is 2. The van der Waals surface area contributed by atoms with Crippen molar-refractivity contribution in [1.82, 2.24) is 24.5 Å². The monoisotopic (exact) mass is 409 g/mol. The van der Waals surface area contributed by atoms with Gasteiger partial charge in [-0.15, -0.1) is 5.10 Å². The summed E-state index contributed by atoms with van der Waals surface area (Å²) in [7, 11) is 1.85. The summed E-state index contributed by atoms with van der Waals surface area (Å²) in [6.07, 6.45) is 3.67. The normalized spacial score (nSPS) is 15.5. The second-order valence-corrected chi connectivity index (χ2v) is 7.99. The van der Waals surface area contributed by atoms with Crippen LogP contribution >= 0.6 is 0 Å². The van der Waals surface area contributed by atoms with E-state index in [0.29, 0.717) is 22.4 Å². The smallest absolute Gasteiger partial charge is 0.134 e. The van der Waals surface area contributed by atoms with Gasteiger partial charge < -0.3 is 14.4 Å². The van der Waals surface area contributed by atoms with Crippen LogP contribution in [0.5, 0.6) is 0 Å². The number of rotatable bonds is 4. The Bertz CT molecular complexity index is 1220. The summed E-state index contributed by atoms with van der Waals surface area (Å²) in [5.74, 6) is 0.104. The van der Waals surface area contributed by atoms with Gasteiger partial charge in [-0.1, -0.05) is 11.3 Å². The molecule has 1 saturated heterocycles. The Morgan fingerprint density at radius 1 is 1.27 bits per heavy atom. The van der Waals surface area contributed by atoms with Gasteiger partial charge in [0.05, 0.1) is 39.9 Å². The van der Waals surface area contributed by atoms with Gasteiger partial charge >= 0.3 is 0 Å². The van der Waals surface area contributed by atoms with Crippen LogP contribution in [0, 0.1) is 18.7 Å². The van der Waals surface area contributed by atoms with E-state index in [4.69, 9.17) is 4.74 Å². The second-order valence-electron chi connectivity index (χ2n) is 7.99. The van der Waals surface area contributed by atoms with Gasteiger partial charge in [-0.25, -0.2) is 9.07 Å². The first kappa shape index (κ1) is 19.1. The number of ether oxygens (including phenoxy) is 1. The van der Waals surface area contributed by atoms with E-state index in [1.165, 1.54) is 6.07 Å². The minimum Gasteiger partial charge on any atom is -0.392 e. The molecule has 4 heterocycles. The maximum absolute atomic E-state index is 14.9. The Kier molecular flexibility index (Phi) is 4.75. The minimum absolute atomic E-state index is 0.154. The molecular weight excluding hydrogens is 385 g/mol. The van der Waals surface area contributed by atoms with Crippen molar-refractivity contribution in [3.8, 4) is 11.3 Å². The maximum Gasteiger partial charge on any atom is 0.134 e. The molecule has 1 aliphatic rings. The molecule has 4 aromatic rings. The molecule has 0 spiro atoms. The Hall–Kier alpha value is -2.84. The van der Waals surface area contributed by atoms with E-state index in [0.717, 1.165) is 60.6 Å². The molecule has 0 atom stereocenters. The van der Waals surface area contributed by atoms with Crippen molar-refractivity contribution in [2.45, 2.75) is 32.9 Å². The lowest BCUT2D eigenvalue weighted by Gasteiger charge is -2.23.